The van der Waals surface area contributed by atoms with Crippen LogP contribution >= 0.6 is 0 Å². The predicted octanol–water partition coefficient (Wildman–Crippen LogP) is 9.73. The van der Waals surface area contributed by atoms with Crippen LogP contribution in [0.15, 0.2) is 48.4 Å². The quantitative estimate of drug-likeness (QED) is 0.145. The minimum atomic E-state index is 1.07. The minimum absolute atomic E-state index is 1.07. The Bertz CT molecular complexity index is 441. The van der Waals surface area contributed by atoms with E-state index < -0.39 is 0 Å². The summed E-state index contributed by atoms with van der Waals surface area (Å²) in [5.41, 5.74) is 1.37. The molecule has 1 heteroatoms. The van der Waals surface area contributed by atoms with Crippen LogP contribution in [-0.4, -0.2) is 11.4 Å². The molecule has 0 atom stereocenters. The molecule has 0 unspecified atom stereocenters. The largest absolute Gasteiger partial charge is 0.355 e. The molecule has 0 aliphatic rings. The van der Waals surface area contributed by atoms with Crippen molar-refractivity contribution in [1.82, 2.24) is 4.90 Å². The van der Waals surface area contributed by atoms with Gasteiger partial charge < -0.3 is 4.90 Å². The summed E-state index contributed by atoms with van der Waals surface area (Å²) in [6.45, 7) is 9.80. The van der Waals surface area contributed by atoms with Crippen molar-refractivity contribution in [3.63, 3.8) is 0 Å². The van der Waals surface area contributed by atoms with Gasteiger partial charge in [0.05, 0.1) is 0 Å². The van der Waals surface area contributed by atoms with Gasteiger partial charge in [-0.2, -0.15) is 0 Å². The van der Waals surface area contributed by atoms with Gasteiger partial charge in [-0.25, -0.2) is 0 Å². The molecule has 29 heavy (non-hydrogen) atoms. The van der Waals surface area contributed by atoms with Gasteiger partial charge in [-0.15, -0.1) is 0 Å². The average Bonchev–Trinajstić information content (AvgIpc) is 2.73. The Morgan fingerprint density at radius 1 is 0.621 bits per heavy atom. The van der Waals surface area contributed by atoms with Crippen molar-refractivity contribution in [1.29, 1.82) is 0 Å². The van der Waals surface area contributed by atoms with E-state index in [4.69, 9.17) is 0 Å². The first kappa shape index (κ1) is 27.8. The Morgan fingerprint density at radius 3 is 1.59 bits per heavy atom. The average molecular weight is 402 g/mol. The highest BCUT2D eigenvalue weighted by atomic mass is 15.1. The van der Waals surface area contributed by atoms with E-state index in [-0.39, 0.29) is 0 Å². The minimum Gasteiger partial charge on any atom is -0.355 e. The molecule has 0 spiro atoms. The van der Waals surface area contributed by atoms with E-state index in [2.05, 4.69) is 75.4 Å². The van der Waals surface area contributed by atoms with Crippen LogP contribution < -0.4 is 0 Å². The van der Waals surface area contributed by atoms with Crippen molar-refractivity contribution in [2.24, 2.45) is 0 Å². The monoisotopic (exact) mass is 401 g/mol. The molecule has 0 heterocycles. The first-order valence-corrected chi connectivity index (χ1v) is 12.7. The van der Waals surface area contributed by atoms with Crippen LogP contribution in [0.4, 0.5) is 0 Å². The maximum absolute atomic E-state index is 2.33. The van der Waals surface area contributed by atoms with Crippen LogP contribution in [-0.2, 0) is 0 Å². The molecule has 0 N–H and O–H groups in total. The molecular weight excluding hydrogens is 350 g/mol. The Kier molecular flexibility index (Phi) is 22.1. The van der Waals surface area contributed by atoms with E-state index in [9.17, 15) is 0 Å². The maximum atomic E-state index is 2.33. The lowest BCUT2D eigenvalue weighted by molar-refractivity contribution is 0.463. The van der Waals surface area contributed by atoms with Gasteiger partial charge in [0.2, 0.25) is 0 Å². The first-order chi connectivity index (χ1) is 14.3. The highest BCUT2D eigenvalue weighted by Gasteiger charge is 1.97. The van der Waals surface area contributed by atoms with Crippen molar-refractivity contribution in [3.8, 4) is 0 Å². The fourth-order valence-electron chi connectivity index (χ4n) is 3.58. The van der Waals surface area contributed by atoms with Crippen molar-refractivity contribution >= 4 is 0 Å². The topological polar surface area (TPSA) is 3.24 Å². The molecule has 0 bridgehead atoms. The maximum Gasteiger partial charge on any atom is 0.0219 e. The van der Waals surface area contributed by atoms with Gasteiger partial charge >= 0.3 is 0 Å². The molecule has 168 valence electrons. The van der Waals surface area contributed by atoms with E-state index in [1.807, 2.05) is 0 Å². The molecule has 0 aromatic rings. The first-order valence-electron chi connectivity index (χ1n) is 12.7. The Morgan fingerprint density at radius 2 is 1.14 bits per heavy atom. The second-order valence-corrected chi connectivity index (χ2v) is 8.25. The fraction of sp³-hybridized carbons (Fsp3) is 0.714. The fourth-order valence-corrected chi connectivity index (χ4v) is 3.58. The standard InChI is InChI=1S/C28H51N/c1-5-9-11-12-13-14-15-16-17-18-19-20-21-22-26-29(25-7-3)27-24-28(8-4)23-10-6-2/h6-7,10,23-25,27H,5,8-9,11-22,26H2,1-4H3. The molecule has 0 rings (SSSR count). The van der Waals surface area contributed by atoms with E-state index >= 15 is 0 Å². The molecule has 0 amide bonds. The third kappa shape index (κ3) is 19.8. The summed E-state index contributed by atoms with van der Waals surface area (Å²) in [6, 6.07) is 0. The number of hydrogen-bond donors (Lipinski definition) is 0. The summed E-state index contributed by atoms with van der Waals surface area (Å²) < 4.78 is 0. The van der Waals surface area contributed by atoms with Crippen molar-refractivity contribution in [3.05, 3.63) is 48.4 Å². The normalized spacial score (nSPS) is 12.8. The summed E-state index contributed by atoms with van der Waals surface area (Å²) in [7, 11) is 0. The molecule has 0 aromatic heterocycles. The SMILES string of the molecule is CC=CC=C(C=CN(C=CC)CCCCCCCCCCCCCCCC)CC. The Labute approximate surface area is 184 Å². The van der Waals surface area contributed by atoms with Gasteiger partial charge in [0, 0.05) is 12.7 Å². The zero-order chi connectivity index (χ0) is 21.4. The van der Waals surface area contributed by atoms with Crippen LogP contribution in [0.25, 0.3) is 0 Å². The summed E-state index contributed by atoms with van der Waals surface area (Å²) in [6.07, 6.45) is 36.2. The van der Waals surface area contributed by atoms with Crippen LogP contribution in [0.5, 0.6) is 0 Å². The van der Waals surface area contributed by atoms with Gasteiger partial charge in [0.15, 0.2) is 0 Å². The van der Waals surface area contributed by atoms with E-state index in [0.29, 0.717) is 0 Å². The molecule has 0 radical (unpaired) electrons. The van der Waals surface area contributed by atoms with Gasteiger partial charge in [-0.3, -0.25) is 0 Å². The summed E-state index contributed by atoms with van der Waals surface area (Å²) in [4.78, 5) is 2.33. The van der Waals surface area contributed by atoms with Crippen LogP contribution in [0.1, 0.15) is 124 Å². The van der Waals surface area contributed by atoms with Crippen molar-refractivity contribution < 1.29 is 0 Å². The highest BCUT2D eigenvalue weighted by molar-refractivity contribution is 5.23. The second kappa shape index (κ2) is 23.0. The van der Waals surface area contributed by atoms with Crippen LogP contribution in [0.2, 0.25) is 0 Å². The lowest BCUT2D eigenvalue weighted by Crippen LogP contribution is -2.11. The van der Waals surface area contributed by atoms with E-state index in [1.165, 1.54) is 95.5 Å². The van der Waals surface area contributed by atoms with Gasteiger partial charge in [0.1, 0.15) is 0 Å². The lowest BCUT2D eigenvalue weighted by Gasteiger charge is -2.15. The highest BCUT2D eigenvalue weighted by Crippen LogP contribution is 2.13. The predicted molar refractivity (Wildman–Crippen MR) is 134 cm³/mol. The molecule has 0 saturated heterocycles. The second-order valence-electron chi connectivity index (χ2n) is 8.25. The van der Waals surface area contributed by atoms with E-state index in [0.717, 1.165) is 13.0 Å². The molecule has 1 nitrogen and oxygen atoms in total. The molecule has 0 fully saturated rings. The number of unbranched alkanes of at least 4 members (excludes halogenated alkanes) is 13. The number of hydrogen-bond acceptors (Lipinski definition) is 1. The molecular formula is C28H51N. The molecule has 0 saturated carbocycles. The van der Waals surface area contributed by atoms with Crippen LogP contribution in [0, 0.1) is 0 Å². The van der Waals surface area contributed by atoms with Gasteiger partial charge in [-0.05, 0) is 44.5 Å². The van der Waals surface area contributed by atoms with Crippen molar-refractivity contribution in [2.75, 3.05) is 6.54 Å². The zero-order valence-corrected chi connectivity index (χ0v) is 20.3. The summed E-state index contributed by atoms with van der Waals surface area (Å²) in [5, 5.41) is 0. The summed E-state index contributed by atoms with van der Waals surface area (Å²) in [5.74, 6) is 0. The van der Waals surface area contributed by atoms with Gasteiger partial charge in [0.25, 0.3) is 0 Å². The molecule has 0 aliphatic heterocycles. The zero-order valence-electron chi connectivity index (χ0n) is 20.3. The molecule has 0 aliphatic carbocycles. The Balaban J connectivity index is 3.72. The van der Waals surface area contributed by atoms with Crippen LogP contribution in [0.3, 0.4) is 0 Å². The van der Waals surface area contributed by atoms with Crippen molar-refractivity contribution in [2.45, 2.75) is 124 Å². The number of rotatable bonds is 20. The molecule has 0 aromatic carbocycles. The summed E-state index contributed by atoms with van der Waals surface area (Å²) >= 11 is 0. The smallest absolute Gasteiger partial charge is 0.0219 e. The number of nitrogens with zero attached hydrogens (tertiary/aromatic N) is 1. The third-order valence-electron chi connectivity index (χ3n) is 5.50. The lowest BCUT2D eigenvalue weighted by atomic mass is 10.0. The number of allylic oxidation sites excluding steroid dienone is 6. The third-order valence-corrected chi connectivity index (χ3v) is 5.50. The van der Waals surface area contributed by atoms with Gasteiger partial charge in [-0.1, -0.05) is 122 Å². The van der Waals surface area contributed by atoms with E-state index in [1.54, 1.807) is 0 Å². The Hall–Kier alpha value is -1.24.